The molecule has 2 rings (SSSR count). The first-order chi connectivity index (χ1) is 8.74. The Morgan fingerprint density at radius 1 is 1.17 bits per heavy atom. The van der Waals surface area contributed by atoms with E-state index in [2.05, 4.69) is 24.1 Å². The number of hydrogen-bond acceptors (Lipinski definition) is 2. The van der Waals surface area contributed by atoms with Gasteiger partial charge >= 0.3 is 0 Å². The standard InChI is InChI=1S/C16H32N2/c1-3-17-13-16(9-7-8-15(2)12-16)14-18-10-5-4-6-11-18/h15,17H,3-14H2,1-2H3. The van der Waals surface area contributed by atoms with Gasteiger partial charge in [-0.25, -0.2) is 0 Å². The quantitative estimate of drug-likeness (QED) is 0.808. The van der Waals surface area contributed by atoms with Gasteiger partial charge in [0.1, 0.15) is 0 Å². The van der Waals surface area contributed by atoms with Gasteiger partial charge in [0.15, 0.2) is 0 Å². The summed E-state index contributed by atoms with van der Waals surface area (Å²) in [6, 6.07) is 0. The second kappa shape index (κ2) is 6.91. The minimum atomic E-state index is 0.574. The summed E-state index contributed by atoms with van der Waals surface area (Å²) >= 11 is 0. The molecule has 1 aliphatic carbocycles. The van der Waals surface area contributed by atoms with Gasteiger partial charge in [0.25, 0.3) is 0 Å². The molecule has 1 saturated carbocycles. The summed E-state index contributed by atoms with van der Waals surface area (Å²) in [5, 5.41) is 3.64. The minimum absolute atomic E-state index is 0.574. The molecule has 2 aliphatic rings. The average Bonchev–Trinajstić information content (AvgIpc) is 2.38. The lowest BCUT2D eigenvalue weighted by molar-refractivity contribution is 0.0709. The zero-order valence-electron chi connectivity index (χ0n) is 12.5. The number of piperidine rings is 1. The van der Waals surface area contributed by atoms with Crippen LogP contribution in [0.4, 0.5) is 0 Å². The molecule has 0 aromatic rings. The van der Waals surface area contributed by atoms with Crippen molar-refractivity contribution >= 4 is 0 Å². The van der Waals surface area contributed by atoms with Gasteiger partial charge in [-0.2, -0.15) is 0 Å². The fourth-order valence-corrected chi connectivity index (χ4v) is 4.11. The Kier molecular flexibility index (Phi) is 5.50. The van der Waals surface area contributed by atoms with Crippen LogP contribution < -0.4 is 5.32 Å². The number of nitrogens with zero attached hydrogens (tertiary/aromatic N) is 1. The third kappa shape index (κ3) is 3.96. The maximum atomic E-state index is 3.64. The molecule has 0 radical (unpaired) electrons. The van der Waals surface area contributed by atoms with Crippen molar-refractivity contribution in [3.63, 3.8) is 0 Å². The molecule has 0 aromatic heterocycles. The van der Waals surface area contributed by atoms with Crippen LogP contribution in [0.1, 0.15) is 58.8 Å². The largest absolute Gasteiger partial charge is 0.316 e. The monoisotopic (exact) mass is 252 g/mol. The van der Waals surface area contributed by atoms with Crippen molar-refractivity contribution in [2.45, 2.75) is 58.8 Å². The Bertz CT molecular complexity index is 235. The molecular formula is C16H32N2. The predicted octanol–water partition coefficient (Wildman–Crippen LogP) is 3.28. The van der Waals surface area contributed by atoms with Crippen molar-refractivity contribution in [2.24, 2.45) is 11.3 Å². The van der Waals surface area contributed by atoms with E-state index in [0.717, 1.165) is 12.5 Å². The molecule has 1 saturated heterocycles. The molecule has 1 aliphatic heterocycles. The summed E-state index contributed by atoms with van der Waals surface area (Å²) < 4.78 is 0. The highest BCUT2D eigenvalue weighted by molar-refractivity contribution is 4.90. The maximum absolute atomic E-state index is 3.64. The first-order valence-electron chi connectivity index (χ1n) is 8.17. The van der Waals surface area contributed by atoms with E-state index in [1.54, 1.807) is 0 Å². The normalized spacial score (nSPS) is 34.7. The van der Waals surface area contributed by atoms with Crippen molar-refractivity contribution < 1.29 is 0 Å². The van der Waals surface area contributed by atoms with Crippen molar-refractivity contribution in [3.05, 3.63) is 0 Å². The zero-order valence-corrected chi connectivity index (χ0v) is 12.5. The molecule has 18 heavy (non-hydrogen) atoms. The summed E-state index contributed by atoms with van der Waals surface area (Å²) in [5.74, 6) is 0.933. The Morgan fingerprint density at radius 2 is 1.94 bits per heavy atom. The molecular weight excluding hydrogens is 220 g/mol. The SMILES string of the molecule is CCNCC1(CN2CCCCC2)CCCC(C)C1. The lowest BCUT2D eigenvalue weighted by Gasteiger charge is -2.44. The fraction of sp³-hybridized carbons (Fsp3) is 1.00. The van der Waals surface area contributed by atoms with Crippen molar-refractivity contribution in [1.82, 2.24) is 10.2 Å². The Morgan fingerprint density at radius 3 is 2.61 bits per heavy atom. The van der Waals surface area contributed by atoms with E-state index in [1.807, 2.05) is 0 Å². The van der Waals surface area contributed by atoms with Gasteiger partial charge in [-0.3, -0.25) is 0 Å². The summed E-state index contributed by atoms with van der Waals surface area (Å²) in [5.41, 5.74) is 0.574. The average molecular weight is 252 g/mol. The van der Waals surface area contributed by atoms with Crippen LogP contribution in [0.25, 0.3) is 0 Å². The van der Waals surface area contributed by atoms with E-state index in [4.69, 9.17) is 0 Å². The smallest absolute Gasteiger partial charge is 0.00502 e. The Balaban J connectivity index is 1.94. The van der Waals surface area contributed by atoms with Gasteiger partial charge in [0, 0.05) is 13.1 Å². The van der Waals surface area contributed by atoms with E-state index in [-0.39, 0.29) is 0 Å². The number of likely N-dealkylation sites (tertiary alicyclic amines) is 1. The van der Waals surface area contributed by atoms with Crippen molar-refractivity contribution in [3.8, 4) is 0 Å². The molecule has 0 aromatic carbocycles. The molecule has 1 N–H and O–H groups in total. The second-order valence-electron chi connectivity index (χ2n) is 6.82. The third-order valence-electron chi connectivity index (χ3n) is 4.94. The van der Waals surface area contributed by atoms with Crippen molar-refractivity contribution in [1.29, 1.82) is 0 Å². The molecule has 2 heteroatoms. The van der Waals surface area contributed by atoms with Crippen LogP contribution in [-0.4, -0.2) is 37.6 Å². The first kappa shape index (κ1) is 14.3. The Hall–Kier alpha value is -0.0800. The lowest BCUT2D eigenvalue weighted by Crippen LogP contribution is -2.47. The molecule has 2 fully saturated rings. The highest BCUT2D eigenvalue weighted by Gasteiger charge is 2.36. The highest BCUT2D eigenvalue weighted by Crippen LogP contribution is 2.40. The second-order valence-corrected chi connectivity index (χ2v) is 6.82. The van der Waals surface area contributed by atoms with Gasteiger partial charge in [-0.1, -0.05) is 33.1 Å². The van der Waals surface area contributed by atoms with Gasteiger partial charge in [0.05, 0.1) is 0 Å². The summed E-state index contributed by atoms with van der Waals surface area (Å²) in [6.45, 7) is 11.1. The van der Waals surface area contributed by atoms with Crippen LogP contribution in [0.2, 0.25) is 0 Å². The molecule has 106 valence electrons. The zero-order chi connectivity index (χ0) is 12.8. The number of hydrogen-bond donors (Lipinski definition) is 1. The number of rotatable bonds is 5. The van der Waals surface area contributed by atoms with E-state index in [9.17, 15) is 0 Å². The molecule has 1 heterocycles. The summed E-state index contributed by atoms with van der Waals surface area (Å²) in [4.78, 5) is 2.75. The van der Waals surface area contributed by atoms with Crippen LogP contribution >= 0.6 is 0 Å². The molecule has 2 nitrogen and oxygen atoms in total. The Labute approximate surface area is 114 Å². The molecule has 2 unspecified atom stereocenters. The first-order valence-corrected chi connectivity index (χ1v) is 8.17. The van der Waals surface area contributed by atoms with Crippen molar-refractivity contribution in [2.75, 3.05) is 32.7 Å². The van der Waals surface area contributed by atoms with Gasteiger partial charge in [0.2, 0.25) is 0 Å². The summed E-state index contributed by atoms with van der Waals surface area (Å²) in [7, 11) is 0. The van der Waals surface area contributed by atoms with Crippen LogP contribution in [0.15, 0.2) is 0 Å². The van der Waals surface area contributed by atoms with Crippen LogP contribution in [0.5, 0.6) is 0 Å². The van der Waals surface area contributed by atoms with Gasteiger partial charge in [-0.15, -0.1) is 0 Å². The predicted molar refractivity (Wildman–Crippen MR) is 78.9 cm³/mol. The van der Waals surface area contributed by atoms with E-state index < -0.39 is 0 Å². The highest BCUT2D eigenvalue weighted by atomic mass is 15.1. The third-order valence-corrected chi connectivity index (χ3v) is 4.94. The minimum Gasteiger partial charge on any atom is -0.316 e. The number of nitrogens with one attached hydrogen (secondary N) is 1. The fourth-order valence-electron chi connectivity index (χ4n) is 4.11. The molecule has 2 atom stereocenters. The molecule has 0 bridgehead atoms. The van der Waals surface area contributed by atoms with Crippen LogP contribution in [-0.2, 0) is 0 Å². The molecule has 0 amide bonds. The van der Waals surface area contributed by atoms with E-state index >= 15 is 0 Å². The topological polar surface area (TPSA) is 15.3 Å². The summed E-state index contributed by atoms with van der Waals surface area (Å²) in [6.07, 6.45) is 10.1. The maximum Gasteiger partial charge on any atom is 0.00502 e. The van der Waals surface area contributed by atoms with Gasteiger partial charge in [-0.05, 0) is 56.7 Å². The molecule has 0 spiro atoms. The van der Waals surface area contributed by atoms with Crippen LogP contribution in [0.3, 0.4) is 0 Å². The van der Waals surface area contributed by atoms with E-state index in [0.29, 0.717) is 5.41 Å². The van der Waals surface area contributed by atoms with E-state index in [1.165, 1.54) is 71.1 Å². The van der Waals surface area contributed by atoms with Crippen LogP contribution in [0, 0.1) is 11.3 Å². The van der Waals surface area contributed by atoms with Gasteiger partial charge < -0.3 is 10.2 Å². The lowest BCUT2D eigenvalue weighted by atomic mass is 9.69.